The lowest BCUT2D eigenvalue weighted by atomic mass is 10.1. The molecule has 16 heavy (non-hydrogen) atoms. The van der Waals surface area contributed by atoms with Crippen LogP contribution in [0.2, 0.25) is 0 Å². The molecule has 1 fully saturated rings. The first-order chi connectivity index (χ1) is 7.83. The highest BCUT2D eigenvalue weighted by Gasteiger charge is 2.08. The van der Waals surface area contributed by atoms with E-state index in [1.807, 2.05) is 0 Å². The van der Waals surface area contributed by atoms with Crippen molar-refractivity contribution in [3.63, 3.8) is 0 Å². The molecule has 1 aliphatic rings. The number of carbonyl (C=O) groups is 1. The minimum absolute atomic E-state index is 0.310. The van der Waals surface area contributed by atoms with Crippen LogP contribution in [-0.2, 0) is 14.3 Å². The summed E-state index contributed by atoms with van der Waals surface area (Å²) in [4.78, 5) is 13.1. The Balaban J connectivity index is 1.87. The molecule has 0 radical (unpaired) electrons. The van der Waals surface area contributed by atoms with Crippen molar-refractivity contribution < 1.29 is 14.3 Å². The van der Waals surface area contributed by atoms with Gasteiger partial charge >= 0.3 is 5.97 Å². The standard InChI is InChI=1S/C12H21NO3/c1-2-12(14)16-11-10-15-9-8-13-6-4-3-5-7-13/h2H,1,3-11H2. The number of ether oxygens (including phenoxy) is 2. The Morgan fingerprint density at radius 3 is 2.62 bits per heavy atom. The van der Waals surface area contributed by atoms with Crippen molar-refractivity contribution in [1.82, 2.24) is 4.90 Å². The molecular weight excluding hydrogens is 206 g/mol. The van der Waals surface area contributed by atoms with Crippen LogP contribution < -0.4 is 0 Å². The van der Waals surface area contributed by atoms with Crippen molar-refractivity contribution in [3.8, 4) is 0 Å². The maximum absolute atomic E-state index is 10.7. The van der Waals surface area contributed by atoms with Crippen LogP contribution in [0.3, 0.4) is 0 Å². The summed E-state index contributed by atoms with van der Waals surface area (Å²) in [6.45, 7) is 8.16. The average Bonchev–Trinajstić information content (AvgIpc) is 2.34. The van der Waals surface area contributed by atoms with Crippen molar-refractivity contribution in [3.05, 3.63) is 12.7 Å². The molecule has 0 aliphatic carbocycles. The van der Waals surface area contributed by atoms with Crippen LogP contribution in [0.4, 0.5) is 0 Å². The Labute approximate surface area is 97.2 Å². The van der Waals surface area contributed by atoms with E-state index in [4.69, 9.17) is 9.47 Å². The first-order valence-corrected chi connectivity index (χ1v) is 5.92. The minimum Gasteiger partial charge on any atom is -0.460 e. The molecule has 1 rings (SSSR count). The van der Waals surface area contributed by atoms with Gasteiger partial charge in [-0.2, -0.15) is 0 Å². The van der Waals surface area contributed by atoms with Crippen LogP contribution in [0, 0.1) is 0 Å². The molecule has 0 spiro atoms. The van der Waals surface area contributed by atoms with Crippen LogP contribution in [0.15, 0.2) is 12.7 Å². The Hall–Kier alpha value is -0.870. The SMILES string of the molecule is C=CC(=O)OCCOCCN1CCCCC1. The Bertz CT molecular complexity index is 212. The Kier molecular flexibility index (Phi) is 6.85. The van der Waals surface area contributed by atoms with E-state index in [0.29, 0.717) is 19.8 Å². The van der Waals surface area contributed by atoms with Crippen LogP contribution in [-0.4, -0.2) is 50.3 Å². The van der Waals surface area contributed by atoms with Gasteiger partial charge in [0, 0.05) is 12.6 Å². The summed E-state index contributed by atoms with van der Waals surface area (Å²) in [6, 6.07) is 0. The number of carbonyl (C=O) groups excluding carboxylic acids is 1. The second kappa shape index (κ2) is 8.30. The Morgan fingerprint density at radius 2 is 1.94 bits per heavy atom. The second-order valence-electron chi connectivity index (χ2n) is 3.89. The average molecular weight is 227 g/mol. The van der Waals surface area contributed by atoms with Gasteiger partial charge in [0.05, 0.1) is 13.2 Å². The van der Waals surface area contributed by atoms with Crippen LogP contribution in [0.5, 0.6) is 0 Å². The molecule has 0 amide bonds. The third-order valence-corrected chi connectivity index (χ3v) is 2.64. The molecule has 0 bridgehead atoms. The Morgan fingerprint density at radius 1 is 1.19 bits per heavy atom. The molecule has 0 unspecified atom stereocenters. The highest BCUT2D eigenvalue weighted by molar-refractivity contribution is 5.81. The maximum atomic E-state index is 10.7. The van der Waals surface area contributed by atoms with E-state index in [9.17, 15) is 4.79 Å². The normalized spacial score (nSPS) is 17.0. The molecule has 0 atom stereocenters. The van der Waals surface area contributed by atoms with Crippen LogP contribution >= 0.6 is 0 Å². The van der Waals surface area contributed by atoms with Gasteiger partial charge in [-0.15, -0.1) is 0 Å². The van der Waals surface area contributed by atoms with Gasteiger partial charge in [0.25, 0.3) is 0 Å². The van der Waals surface area contributed by atoms with Gasteiger partial charge in [-0.1, -0.05) is 13.0 Å². The number of likely N-dealkylation sites (tertiary alicyclic amines) is 1. The molecule has 0 aromatic carbocycles. The maximum Gasteiger partial charge on any atom is 0.330 e. The lowest BCUT2D eigenvalue weighted by molar-refractivity contribution is -0.139. The number of nitrogens with zero attached hydrogens (tertiary/aromatic N) is 1. The summed E-state index contributed by atoms with van der Waals surface area (Å²) in [5.41, 5.74) is 0. The molecule has 0 saturated carbocycles. The molecule has 1 heterocycles. The predicted octanol–water partition coefficient (Wildman–Crippen LogP) is 1.22. The third kappa shape index (κ3) is 5.88. The summed E-state index contributed by atoms with van der Waals surface area (Å²) < 4.78 is 10.2. The summed E-state index contributed by atoms with van der Waals surface area (Å²) in [5, 5.41) is 0. The largest absolute Gasteiger partial charge is 0.460 e. The zero-order valence-corrected chi connectivity index (χ0v) is 9.82. The second-order valence-corrected chi connectivity index (χ2v) is 3.89. The number of hydrogen-bond acceptors (Lipinski definition) is 4. The van der Waals surface area contributed by atoms with Crippen molar-refractivity contribution in [2.75, 3.05) is 39.5 Å². The van der Waals surface area contributed by atoms with E-state index in [1.165, 1.54) is 32.4 Å². The molecular formula is C12H21NO3. The smallest absolute Gasteiger partial charge is 0.330 e. The topological polar surface area (TPSA) is 38.8 Å². The highest BCUT2D eigenvalue weighted by Crippen LogP contribution is 2.07. The van der Waals surface area contributed by atoms with Gasteiger partial charge in [0.2, 0.25) is 0 Å². The molecule has 0 aromatic heterocycles. The quantitative estimate of drug-likeness (QED) is 0.372. The number of rotatable bonds is 7. The van der Waals surface area contributed by atoms with E-state index in [-0.39, 0.29) is 5.97 Å². The van der Waals surface area contributed by atoms with Gasteiger partial charge in [-0.25, -0.2) is 4.79 Å². The fraction of sp³-hybridized carbons (Fsp3) is 0.750. The molecule has 4 nitrogen and oxygen atoms in total. The lowest BCUT2D eigenvalue weighted by Gasteiger charge is -2.26. The predicted molar refractivity (Wildman–Crippen MR) is 62.3 cm³/mol. The van der Waals surface area contributed by atoms with Gasteiger partial charge in [0.1, 0.15) is 6.61 Å². The summed E-state index contributed by atoms with van der Waals surface area (Å²) >= 11 is 0. The lowest BCUT2D eigenvalue weighted by Crippen LogP contribution is -2.32. The molecule has 1 aliphatic heterocycles. The first kappa shape index (κ1) is 13.2. The summed E-state index contributed by atoms with van der Waals surface area (Å²) in [7, 11) is 0. The zero-order valence-electron chi connectivity index (χ0n) is 9.82. The van der Waals surface area contributed by atoms with E-state index in [0.717, 1.165) is 12.6 Å². The van der Waals surface area contributed by atoms with E-state index in [1.54, 1.807) is 0 Å². The van der Waals surface area contributed by atoms with E-state index in [2.05, 4.69) is 11.5 Å². The number of hydrogen-bond donors (Lipinski definition) is 0. The fourth-order valence-corrected chi connectivity index (χ4v) is 1.74. The third-order valence-electron chi connectivity index (χ3n) is 2.64. The fourth-order valence-electron chi connectivity index (χ4n) is 1.74. The minimum atomic E-state index is -0.389. The van der Waals surface area contributed by atoms with Crippen molar-refractivity contribution in [2.45, 2.75) is 19.3 Å². The highest BCUT2D eigenvalue weighted by atomic mass is 16.6. The molecule has 4 heteroatoms. The first-order valence-electron chi connectivity index (χ1n) is 5.92. The van der Waals surface area contributed by atoms with Gasteiger partial charge in [0.15, 0.2) is 0 Å². The zero-order chi connectivity index (χ0) is 11.6. The molecule has 0 aromatic rings. The van der Waals surface area contributed by atoms with Gasteiger partial charge < -0.3 is 14.4 Å². The molecule has 92 valence electrons. The van der Waals surface area contributed by atoms with Crippen LogP contribution in [0.25, 0.3) is 0 Å². The number of piperidine rings is 1. The van der Waals surface area contributed by atoms with Crippen molar-refractivity contribution >= 4 is 5.97 Å². The monoisotopic (exact) mass is 227 g/mol. The van der Waals surface area contributed by atoms with Crippen molar-refractivity contribution in [2.24, 2.45) is 0 Å². The molecule has 1 saturated heterocycles. The molecule has 0 N–H and O–H groups in total. The van der Waals surface area contributed by atoms with Crippen LogP contribution in [0.1, 0.15) is 19.3 Å². The van der Waals surface area contributed by atoms with Gasteiger partial charge in [-0.05, 0) is 25.9 Å². The number of esters is 1. The summed E-state index contributed by atoms with van der Waals surface area (Å²) in [6.07, 6.45) is 5.12. The van der Waals surface area contributed by atoms with E-state index >= 15 is 0 Å². The van der Waals surface area contributed by atoms with Crippen molar-refractivity contribution in [1.29, 1.82) is 0 Å². The summed E-state index contributed by atoms with van der Waals surface area (Å²) in [5.74, 6) is -0.389. The van der Waals surface area contributed by atoms with Gasteiger partial charge in [-0.3, -0.25) is 0 Å². The van der Waals surface area contributed by atoms with E-state index < -0.39 is 0 Å².